The second-order valence-electron chi connectivity index (χ2n) is 3.39. The molecular formula is C10H14FNO4. The normalized spacial score (nSPS) is 24.0. The first kappa shape index (κ1) is 12.5. The molecule has 0 spiro atoms. The van der Waals surface area contributed by atoms with Crippen molar-refractivity contribution in [3.8, 4) is 0 Å². The smallest absolute Gasteiger partial charge is 0.410 e. The zero-order valence-electron chi connectivity index (χ0n) is 9.02. The molecule has 0 aromatic heterocycles. The van der Waals surface area contributed by atoms with Crippen molar-refractivity contribution in [2.45, 2.75) is 18.6 Å². The molecule has 1 saturated heterocycles. The number of nitrogens with zero attached hydrogens (tertiary/aromatic N) is 1. The highest BCUT2D eigenvalue weighted by Gasteiger charge is 2.41. The van der Waals surface area contributed by atoms with Crippen molar-refractivity contribution >= 4 is 12.1 Å². The molecule has 16 heavy (non-hydrogen) atoms. The van der Waals surface area contributed by atoms with E-state index in [1.165, 1.54) is 13.2 Å². The minimum Gasteiger partial charge on any atom is -0.467 e. The molecule has 1 rings (SSSR count). The van der Waals surface area contributed by atoms with Gasteiger partial charge in [-0.2, -0.15) is 0 Å². The van der Waals surface area contributed by atoms with E-state index in [0.29, 0.717) is 0 Å². The molecule has 1 fully saturated rings. The minimum atomic E-state index is -1.22. The van der Waals surface area contributed by atoms with Crippen LogP contribution in [-0.2, 0) is 14.3 Å². The Morgan fingerprint density at radius 3 is 2.88 bits per heavy atom. The zero-order valence-corrected chi connectivity index (χ0v) is 9.02. The Labute approximate surface area is 92.8 Å². The van der Waals surface area contributed by atoms with Crippen LogP contribution in [-0.4, -0.2) is 49.4 Å². The van der Waals surface area contributed by atoms with E-state index in [2.05, 4.69) is 11.3 Å². The van der Waals surface area contributed by atoms with Gasteiger partial charge in [-0.15, -0.1) is 0 Å². The number of esters is 1. The molecule has 0 aliphatic carbocycles. The number of likely N-dealkylation sites (tertiary alicyclic amines) is 1. The number of methoxy groups -OCH3 is 1. The maximum Gasteiger partial charge on any atom is 0.410 e. The highest BCUT2D eigenvalue weighted by atomic mass is 19.1. The summed E-state index contributed by atoms with van der Waals surface area (Å²) in [7, 11) is 1.20. The van der Waals surface area contributed by atoms with Crippen LogP contribution >= 0.6 is 0 Å². The van der Waals surface area contributed by atoms with Crippen molar-refractivity contribution in [3.05, 3.63) is 12.7 Å². The lowest BCUT2D eigenvalue weighted by atomic mass is 10.2. The van der Waals surface area contributed by atoms with Crippen molar-refractivity contribution in [2.24, 2.45) is 0 Å². The average molecular weight is 231 g/mol. The quantitative estimate of drug-likeness (QED) is 0.534. The molecule has 5 nitrogen and oxygen atoms in total. The van der Waals surface area contributed by atoms with Gasteiger partial charge in [-0.25, -0.2) is 14.0 Å². The molecule has 1 aliphatic rings. The van der Waals surface area contributed by atoms with Crippen LogP contribution in [0.4, 0.5) is 9.18 Å². The number of hydrogen-bond donors (Lipinski definition) is 0. The van der Waals surface area contributed by atoms with Gasteiger partial charge in [-0.05, 0) is 0 Å². The predicted octanol–water partition coefficient (Wildman–Crippen LogP) is 0.894. The van der Waals surface area contributed by atoms with E-state index in [9.17, 15) is 14.0 Å². The van der Waals surface area contributed by atoms with E-state index in [1.54, 1.807) is 0 Å². The van der Waals surface area contributed by atoms with Crippen LogP contribution in [0.25, 0.3) is 0 Å². The van der Waals surface area contributed by atoms with Crippen LogP contribution in [0, 0.1) is 0 Å². The lowest BCUT2D eigenvalue weighted by Crippen LogP contribution is -2.41. The van der Waals surface area contributed by atoms with Gasteiger partial charge in [-0.3, -0.25) is 4.90 Å². The Hall–Kier alpha value is -1.59. The topological polar surface area (TPSA) is 55.8 Å². The van der Waals surface area contributed by atoms with E-state index in [0.717, 1.165) is 4.90 Å². The molecule has 0 radical (unpaired) electrons. The lowest BCUT2D eigenvalue weighted by Gasteiger charge is -2.21. The first-order chi connectivity index (χ1) is 7.60. The van der Waals surface area contributed by atoms with Crippen molar-refractivity contribution in [1.29, 1.82) is 0 Å². The van der Waals surface area contributed by atoms with E-state index < -0.39 is 24.3 Å². The molecular weight excluding hydrogens is 217 g/mol. The summed E-state index contributed by atoms with van der Waals surface area (Å²) >= 11 is 0. The third kappa shape index (κ3) is 2.71. The first-order valence-electron chi connectivity index (χ1n) is 4.86. The average Bonchev–Trinajstić information content (AvgIpc) is 2.67. The number of carbonyl (C=O) groups excluding carboxylic acids is 2. The molecule has 0 N–H and O–H groups in total. The van der Waals surface area contributed by atoms with Gasteiger partial charge in [0, 0.05) is 6.42 Å². The maximum absolute atomic E-state index is 13.1. The van der Waals surface area contributed by atoms with Crippen LogP contribution in [0.5, 0.6) is 0 Å². The van der Waals surface area contributed by atoms with E-state index in [4.69, 9.17) is 4.74 Å². The van der Waals surface area contributed by atoms with Crippen LogP contribution in [0.2, 0.25) is 0 Å². The van der Waals surface area contributed by atoms with E-state index in [1.807, 2.05) is 0 Å². The van der Waals surface area contributed by atoms with Gasteiger partial charge in [0.15, 0.2) is 0 Å². The summed E-state index contributed by atoms with van der Waals surface area (Å²) < 4.78 is 22.4. The van der Waals surface area contributed by atoms with Gasteiger partial charge in [0.25, 0.3) is 0 Å². The van der Waals surface area contributed by atoms with Crippen molar-refractivity contribution in [1.82, 2.24) is 4.90 Å². The Morgan fingerprint density at radius 2 is 2.31 bits per heavy atom. The Morgan fingerprint density at radius 1 is 1.62 bits per heavy atom. The number of ether oxygens (including phenoxy) is 2. The second-order valence-corrected chi connectivity index (χ2v) is 3.39. The van der Waals surface area contributed by atoms with Crippen LogP contribution < -0.4 is 0 Å². The zero-order chi connectivity index (χ0) is 12.1. The summed E-state index contributed by atoms with van der Waals surface area (Å²) in [6.45, 7) is 3.27. The van der Waals surface area contributed by atoms with Crippen LogP contribution in [0.1, 0.15) is 6.42 Å². The maximum atomic E-state index is 13.1. The fourth-order valence-corrected chi connectivity index (χ4v) is 1.56. The molecule has 1 heterocycles. The number of carbonyl (C=O) groups is 2. The number of rotatable bonds is 3. The molecule has 0 bridgehead atoms. The van der Waals surface area contributed by atoms with Crippen molar-refractivity contribution in [2.75, 3.05) is 20.3 Å². The Balaban J connectivity index is 2.65. The highest BCUT2D eigenvalue weighted by Crippen LogP contribution is 2.22. The first-order valence-corrected chi connectivity index (χ1v) is 4.86. The number of halogens is 1. The summed E-state index contributed by atoms with van der Waals surface area (Å²) in [4.78, 5) is 23.8. The van der Waals surface area contributed by atoms with Crippen LogP contribution in [0.15, 0.2) is 12.7 Å². The largest absolute Gasteiger partial charge is 0.467 e. The Bertz CT molecular complexity index is 295. The molecule has 90 valence electrons. The number of hydrogen-bond acceptors (Lipinski definition) is 4. The third-order valence-electron chi connectivity index (χ3n) is 2.28. The van der Waals surface area contributed by atoms with Crippen molar-refractivity contribution in [3.63, 3.8) is 0 Å². The molecule has 0 aromatic rings. The van der Waals surface area contributed by atoms with Gasteiger partial charge < -0.3 is 9.47 Å². The number of amides is 1. The standard InChI is InChI=1S/C10H14FNO4/c1-3-4-16-10(14)12-6-7(11)5-8(12)9(13)15-2/h3,7-8H,1,4-6H2,2H3/t7?,8-/m0/s1. The molecule has 0 aromatic carbocycles. The molecule has 1 unspecified atom stereocenters. The van der Waals surface area contributed by atoms with Gasteiger partial charge in [-0.1, -0.05) is 12.7 Å². The van der Waals surface area contributed by atoms with E-state index >= 15 is 0 Å². The van der Waals surface area contributed by atoms with Gasteiger partial charge >= 0.3 is 12.1 Å². The SMILES string of the molecule is C=CCOC(=O)N1CC(F)C[C@H]1C(=O)OC. The summed E-state index contributed by atoms with van der Waals surface area (Å²) in [5.41, 5.74) is 0. The highest BCUT2D eigenvalue weighted by molar-refractivity contribution is 5.82. The molecule has 2 atom stereocenters. The Kier molecular flexibility index (Phi) is 4.28. The lowest BCUT2D eigenvalue weighted by molar-refractivity contribution is -0.145. The predicted molar refractivity (Wildman–Crippen MR) is 53.6 cm³/mol. The summed E-state index contributed by atoms with van der Waals surface area (Å²) in [6.07, 6.45) is -0.597. The monoisotopic (exact) mass is 231 g/mol. The third-order valence-corrected chi connectivity index (χ3v) is 2.28. The van der Waals surface area contributed by atoms with Gasteiger partial charge in [0.05, 0.1) is 13.7 Å². The fourth-order valence-electron chi connectivity index (χ4n) is 1.56. The van der Waals surface area contributed by atoms with Crippen LogP contribution in [0.3, 0.4) is 0 Å². The summed E-state index contributed by atoms with van der Waals surface area (Å²) in [5, 5.41) is 0. The summed E-state index contributed by atoms with van der Waals surface area (Å²) in [6, 6.07) is -0.891. The number of alkyl halides is 1. The van der Waals surface area contributed by atoms with Crippen molar-refractivity contribution < 1.29 is 23.5 Å². The van der Waals surface area contributed by atoms with Gasteiger partial charge in [0.2, 0.25) is 0 Å². The molecule has 6 heteroatoms. The summed E-state index contributed by atoms with van der Waals surface area (Å²) in [5.74, 6) is -0.629. The van der Waals surface area contributed by atoms with E-state index in [-0.39, 0.29) is 19.6 Å². The molecule has 1 amide bonds. The van der Waals surface area contributed by atoms with Gasteiger partial charge in [0.1, 0.15) is 18.8 Å². The minimum absolute atomic E-state index is 0.0280. The second kappa shape index (κ2) is 5.48. The molecule has 1 aliphatic heterocycles. The molecule has 0 saturated carbocycles. The fraction of sp³-hybridized carbons (Fsp3) is 0.600.